The quantitative estimate of drug-likeness (QED) is 0.537. The van der Waals surface area contributed by atoms with Crippen LogP contribution in [0, 0.1) is 12.3 Å². The van der Waals surface area contributed by atoms with Crippen molar-refractivity contribution in [3.8, 4) is 0 Å². The van der Waals surface area contributed by atoms with Gasteiger partial charge in [0.05, 0.1) is 0 Å². The molecule has 0 saturated carbocycles. The van der Waals surface area contributed by atoms with Crippen LogP contribution in [0.4, 0.5) is 0 Å². The first-order valence-electron chi connectivity index (χ1n) is 4.88. The van der Waals surface area contributed by atoms with Crippen molar-refractivity contribution < 1.29 is 0 Å². The summed E-state index contributed by atoms with van der Waals surface area (Å²) in [5, 5.41) is 0. The first-order chi connectivity index (χ1) is 5.76. The number of rotatable bonds is 5. The van der Waals surface area contributed by atoms with Crippen LogP contribution in [0.25, 0.3) is 0 Å². The Morgan fingerprint density at radius 2 is 2.00 bits per heavy atom. The van der Waals surface area contributed by atoms with Gasteiger partial charge in [-0.3, -0.25) is 0 Å². The van der Waals surface area contributed by atoms with Crippen LogP contribution >= 0.6 is 0 Å². The van der Waals surface area contributed by atoms with E-state index in [1.54, 1.807) is 0 Å². The van der Waals surface area contributed by atoms with E-state index < -0.39 is 0 Å². The SMILES string of the molecule is C[CH]C(C)C(C=CCCC)=CC. The number of hydrogen-bond acceptors (Lipinski definition) is 0. The van der Waals surface area contributed by atoms with Crippen molar-refractivity contribution >= 4 is 0 Å². The average Bonchev–Trinajstić information content (AvgIpc) is 2.11. The molecule has 1 unspecified atom stereocenters. The van der Waals surface area contributed by atoms with Crippen molar-refractivity contribution in [1.82, 2.24) is 0 Å². The van der Waals surface area contributed by atoms with Crippen molar-refractivity contribution in [3.63, 3.8) is 0 Å². The maximum Gasteiger partial charge on any atom is -0.0165 e. The summed E-state index contributed by atoms with van der Waals surface area (Å²) in [6, 6.07) is 0. The minimum atomic E-state index is 0.586. The van der Waals surface area contributed by atoms with Gasteiger partial charge in [0.1, 0.15) is 0 Å². The minimum absolute atomic E-state index is 0.586. The first kappa shape index (κ1) is 11.5. The molecule has 0 aliphatic rings. The molecule has 0 saturated heterocycles. The molecule has 0 N–H and O–H groups in total. The molecule has 0 aliphatic carbocycles. The molecule has 0 aromatic carbocycles. The van der Waals surface area contributed by atoms with Gasteiger partial charge in [-0.1, -0.05) is 45.4 Å². The normalized spacial score (nSPS) is 15.5. The molecule has 0 heteroatoms. The van der Waals surface area contributed by atoms with E-state index in [1.807, 2.05) is 0 Å². The monoisotopic (exact) mass is 165 g/mol. The Hall–Kier alpha value is -0.520. The molecule has 69 valence electrons. The van der Waals surface area contributed by atoms with Crippen LogP contribution in [-0.4, -0.2) is 0 Å². The Labute approximate surface area is 77.4 Å². The number of allylic oxidation sites excluding steroid dienone is 4. The number of hydrogen-bond donors (Lipinski definition) is 0. The van der Waals surface area contributed by atoms with Crippen LogP contribution < -0.4 is 0 Å². The van der Waals surface area contributed by atoms with Gasteiger partial charge in [0, 0.05) is 0 Å². The largest absolute Gasteiger partial charge is 0.0843 e. The number of unbranched alkanes of at least 4 members (excludes halogenated alkanes) is 1. The average molecular weight is 165 g/mol. The zero-order valence-electron chi connectivity index (χ0n) is 8.80. The van der Waals surface area contributed by atoms with Crippen LogP contribution in [0.15, 0.2) is 23.8 Å². The van der Waals surface area contributed by atoms with Gasteiger partial charge < -0.3 is 0 Å². The highest BCUT2D eigenvalue weighted by Gasteiger charge is 2.00. The maximum absolute atomic E-state index is 2.26. The second kappa shape index (κ2) is 7.15. The van der Waals surface area contributed by atoms with Crippen LogP contribution in [0.3, 0.4) is 0 Å². The highest BCUT2D eigenvalue weighted by atomic mass is 14.1. The molecule has 0 heterocycles. The second-order valence-corrected chi connectivity index (χ2v) is 3.10. The van der Waals surface area contributed by atoms with Crippen molar-refractivity contribution in [1.29, 1.82) is 0 Å². The van der Waals surface area contributed by atoms with Gasteiger partial charge in [-0.25, -0.2) is 0 Å². The zero-order valence-corrected chi connectivity index (χ0v) is 8.80. The fourth-order valence-electron chi connectivity index (χ4n) is 1.09. The van der Waals surface area contributed by atoms with Gasteiger partial charge in [0.2, 0.25) is 0 Å². The summed E-state index contributed by atoms with van der Waals surface area (Å²) in [7, 11) is 0. The predicted octanol–water partition coefficient (Wildman–Crippen LogP) is 4.15. The summed E-state index contributed by atoms with van der Waals surface area (Å²) < 4.78 is 0. The summed E-state index contributed by atoms with van der Waals surface area (Å²) in [5.41, 5.74) is 1.42. The summed E-state index contributed by atoms with van der Waals surface area (Å²) >= 11 is 0. The molecule has 0 rings (SSSR count). The molecule has 0 nitrogen and oxygen atoms in total. The maximum atomic E-state index is 2.26. The first-order valence-corrected chi connectivity index (χ1v) is 4.88. The smallest absolute Gasteiger partial charge is 0.0165 e. The summed E-state index contributed by atoms with van der Waals surface area (Å²) in [4.78, 5) is 0. The Balaban J connectivity index is 4.00. The lowest BCUT2D eigenvalue weighted by Gasteiger charge is -2.08. The van der Waals surface area contributed by atoms with Gasteiger partial charge in [-0.2, -0.15) is 0 Å². The van der Waals surface area contributed by atoms with Crippen molar-refractivity contribution in [2.24, 2.45) is 5.92 Å². The van der Waals surface area contributed by atoms with Crippen LogP contribution in [0.1, 0.15) is 40.5 Å². The van der Waals surface area contributed by atoms with E-state index in [4.69, 9.17) is 0 Å². The molecule has 0 aromatic heterocycles. The Kier molecular flexibility index (Phi) is 6.84. The Morgan fingerprint density at radius 3 is 2.42 bits per heavy atom. The van der Waals surface area contributed by atoms with Crippen LogP contribution in [-0.2, 0) is 0 Å². The highest BCUT2D eigenvalue weighted by Crippen LogP contribution is 2.14. The molecule has 1 atom stereocenters. The third-order valence-corrected chi connectivity index (χ3v) is 2.12. The van der Waals surface area contributed by atoms with E-state index in [9.17, 15) is 0 Å². The van der Waals surface area contributed by atoms with E-state index in [-0.39, 0.29) is 0 Å². The topological polar surface area (TPSA) is 0 Å². The van der Waals surface area contributed by atoms with Gasteiger partial charge in [-0.05, 0) is 31.3 Å². The molecule has 0 fully saturated rings. The lowest BCUT2D eigenvalue weighted by Crippen LogP contribution is -1.94. The van der Waals surface area contributed by atoms with E-state index in [1.165, 1.54) is 18.4 Å². The summed E-state index contributed by atoms with van der Waals surface area (Å²) in [5.74, 6) is 0.586. The molecule has 0 bridgehead atoms. The van der Waals surface area contributed by atoms with Crippen LogP contribution in [0.2, 0.25) is 0 Å². The van der Waals surface area contributed by atoms with Crippen LogP contribution in [0.5, 0.6) is 0 Å². The third-order valence-electron chi connectivity index (χ3n) is 2.12. The van der Waals surface area contributed by atoms with Gasteiger partial charge >= 0.3 is 0 Å². The molecule has 0 amide bonds. The van der Waals surface area contributed by atoms with E-state index in [2.05, 4.69) is 52.3 Å². The van der Waals surface area contributed by atoms with Crippen molar-refractivity contribution in [2.75, 3.05) is 0 Å². The van der Waals surface area contributed by atoms with Gasteiger partial charge in [-0.15, -0.1) is 0 Å². The van der Waals surface area contributed by atoms with Crippen molar-refractivity contribution in [2.45, 2.75) is 40.5 Å². The fourth-order valence-corrected chi connectivity index (χ4v) is 1.09. The molecule has 0 spiro atoms. The molecule has 12 heavy (non-hydrogen) atoms. The zero-order chi connectivity index (χ0) is 9.40. The lowest BCUT2D eigenvalue weighted by atomic mass is 9.97. The Morgan fingerprint density at radius 1 is 1.33 bits per heavy atom. The lowest BCUT2D eigenvalue weighted by molar-refractivity contribution is 0.811. The van der Waals surface area contributed by atoms with E-state index in [0.29, 0.717) is 5.92 Å². The van der Waals surface area contributed by atoms with E-state index >= 15 is 0 Å². The third kappa shape index (κ3) is 4.38. The Bertz CT molecular complexity index is 151. The molecule has 1 radical (unpaired) electrons. The summed E-state index contributed by atoms with van der Waals surface area (Å²) in [6.45, 7) is 8.65. The summed E-state index contributed by atoms with van der Waals surface area (Å²) in [6.07, 6.45) is 11.3. The van der Waals surface area contributed by atoms with Gasteiger partial charge in [0.15, 0.2) is 0 Å². The highest BCUT2D eigenvalue weighted by molar-refractivity contribution is 5.22. The standard InChI is InChI=1S/C12H21/c1-5-8-9-10-12(7-3)11(4)6-2/h6-7,9-11H,5,8H2,1-4H3. The molecule has 0 aliphatic heterocycles. The molecular weight excluding hydrogens is 144 g/mol. The van der Waals surface area contributed by atoms with E-state index in [0.717, 1.165) is 0 Å². The molecule has 0 aromatic rings. The van der Waals surface area contributed by atoms with Gasteiger partial charge in [0.25, 0.3) is 0 Å². The second-order valence-electron chi connectivity index (χ2n) is 3.10. The molecular formula is C12H21. The van der Waals surface area contributed by atoms with Crippen molar-refractivity contribution in [3.05, 3.63) is 30.2 Å². The minimum Gasteiger partial charge on any atom is -0.0843 e. The fraction of sp³-hybridized carbons (Fsp3) is 0.583. The predicted molar refractivity (Wildman–Crippen MR) is 56.9 cm³/mol.